The fourth-order valence-corrected chi connectivity index (χ4v) is 2.25. The molecule has 102 valence electrons. The Morgan fingerprint density at radius 2 is 2.05 bits per heavy atom. The fourth-order valence-electron chi connectivity index (χ4n) is 2.25. The summed E-state index contributed by atoms with van der Waals surface area (Å²) in [7, 11) is 0. The molecule has 2 rings (SSSR count). The molecule has 0 radical (unpaired) electrons. The van der Waals surface area contributed by atoms with Crippen LogP contribution in [0.15, 0.2) is 34.7 Å². The van der Waals surface area contributed by atoms with Crippen LogP contribution < -0.4 is 10.1 Å². The van der Waals surface area contributed by atoms with Gasteiger partial charge in [0.25, 0.3) is 0 Å². The molecule has 0 saturated heterocycles. The monoisotopic (exact) mass is 259 g/mol. The standard InChI is InChI=1S/C16H21NO2/c1-5-18-15-8-6-7-14(10-15)17-12(3)16-9-11(2)19-13(16)4/h6-10,12,17H,5H2,1-4H3. The van der Waals surface area contributed by atoms with Crippen molar-refractivity contribution in [2.45, 2.75) is 33.7 Å². The predicted octanol–water partition coefficient (Wildman–Crippen LogP) is 4.47. The van der Waals surface area contributed by atoms with Gasteiger partial charge in [-0.1, -0.05) is 6.07 Å². The Labute approximate surface area is 114 Å². The molecule has 0 aliphatic rings. The largest absolute Gasteiger partial charge is 0.494 e. The van der Waals surface area contributed by atoms with Crippen molar-refractivity contribution in [3.8, 4) is 5.75 Å². The van der Waals surface area contributed by atoms with Crippen molar-refractivity contribution in [1.29, 1.82) is 0 Å². The molecule has 0 saturated carbocycles. The first-order valence-electron chi connectivity index (χ1n) is 6.66. The van der Waals surface area contributed by atoms with E-state index >= 15 is 0 Å². The van der Waals surface area contributed by atoms with Crippen LogP contribution in [0.2, 0.25) is 0 Å². The summed E-state index contributed by atoms with van der Waals surface area (Å²) in [6.45, 7) is 8.76. The third-order valence-electron chi connectivity index (χ3n) is 3.07. The zero-order valence-electron chi connectivity index (χ0n) is 12.0. The molecule has 1 aromatic carbocycles. The van der Waals surface area contributed by atoms with Gasteiger partial charge in [0, 0.05) is 17.3 Å². The number of benzene rings is 1. The van der Waals surface area contributed by atoms with Crippen molar-refractivity contribution in [2.75, 3.05) is 11.9 Å². The molecule has 1 N–H and O–H groups in total. The molecule has 19 heavy (non-hydrogen) atoms. The minimum Gasteiger partial charge on any atom is -0.494 e. The number of hydrogen-bond acceptors (Lipinski definition) is 3. The molecule has 1 unspecified atom stereocenters. The lowest BCUT2D eigenvalue weighted by Gasteiger charge is -2.15. The summed E-state index contributed by atoms with van der Waals surface area (Å²) in [6.07, 6.45) is 0. The van der Waals surface area contributed by atoms with E-state index in [0.29, 0.717) is 6.61 Å². The van der Waals surface area contributed by atoms with Crippen molar-refractivity contribution >= 4 is 5.69 Å². The highest BCUT2D eigenvalue weighted by Crippen LogP contribution is 2.26. The van der Waals surface area contributed by atoms with Crippen LogP contribution in [0.25, 0.3) is 0 Å². The lowest BCUT2D eigenvalue weighted by molar-refractivity contribution is 0.340. The molecule has 0 fully saturated rings. The van der Waals surface area contributed by atoms with Gasteiger partial charge in [-0.25, -0.2) is 0 Å². The number of rotatable bonds is 5. The summed E-state index contributed by atoms with van der Waals surface area (Å²) in [4.78, 5) is 0. The van der Waals surface area contributed by atoms with Gasteiger partial charge >= 0.3 is 0 Å². The Bertz CT molecular complexity index is 545. The highest BCUT2D eigenvalue weighted by Gasteiger charge is 2.12. The number of furan rings is 1. The van der Waals surface area contributed by atoms with Crippen LogP contribution in [0, 0.1) is 13.8 Å². The van der Waals surface area contributed by atoms with Gasteiger partial charge < -0.3 is 14.5 Å². The Kier molecular flexibility index (Phi) is 4.15. The third kappa shape index (κ3) is 3.31. The van der Waals surface area contributed by atoms with Crippen molar-refractivity contribution in [2.24, 2.45) is 0 Å². The van der Waals surface area contributed by atoms with E-state index < -0.39 is 0 Å². The smallest absolute Gasteiger partial charge is 0.121 e. The molecule has 1 atom stereocenters. The molecule has 1 heterocycles. The van der Waals surface area contributed by atoms with Gasteiger partial charge in [0.15, 0.2) is 0 Å². The average molecular weight is 259 g/mol. The van der Waals surface area contributed by atoms with E-state index in [1.165, 1.54) is 5.56 Å². The van der Waals surface area contributed by atoms with Crippen molar-refractivity contribution in [3.63, 3.8) is 0 Å². The summed E-state index contributed by atoms with van der Waals surface area (Å²) in [5.41, 5.74) is 2.25. The van der Waals surface area contributed by atoms with E-state index in [2.05, 4.69) is 18.3 Å². The van der Waals surface area contributed by atoms with Crippen LogP contribution in [0.5, 0.6) is 5.75 Å². The van der Waals surface area contributed by atoms with Gasteiger partial charge in [-0.2, -0.15) is 0 Å². The first kappa shape index (κ1) is 13.5. The molecule has 0 spiro atoms. The molecular formula is C16H21NO2. The second-order valence-electron chi connectivity index (χ2n) is 4.70. The topological polar surface area (TPSA) is 34.4 Å². The summed E-state index contributed by atoms with van der Waals surface area (Å²) < 4.78 is 11.1. The number of anilines is 1. The SMILES string of the molecule is CCOc1cccc(NC(C)c2cc(C)oc2C)c1. The van der Waals surface area contributed by atoms with E-state index in [-0.39, 0.29) is 6.04 Å². The number of hydrogen-bond donors (Lipinski definition) is 1. The first-order valence-corrected chi connectivity index (χ1v) is 6.66. The number of aryl methyl sites for hydroxylation is 2. The van der Waals surface area contributed by atoms with Crippen LogP contribution in [-0.4, -0.2) is 6.61 Å². The van der Waals surface area contributed by atoms with Gasteiger partial charge in [0.1, 0.15) is 17.3 Å². The van der Waals surface area contributed by atoms with Crippen LogP contribution >= 0.6 is 0 Å². The van der Waals surface area contributed by atoms with Crippen LogP contribution in [0.1, 0.15) is 37.0 Å². The lowest BCUT2D eigenvalue weighted by Crippen LogP contribution is -2.07. The van der Waals surface area contributed by atoms with Gasteiger partial charge in [-0.05, 0) is 45.9 Å². The Morgan fingerprint density at radius 1 is 1.26 bits per heavy atom. The molecule has 0 amide bonds. The summed E-state index contributed by atoms with van der Waals surface area (Å²) in [6, 6.07) is 10.3. The molecule has 2 aromatic rings. The molecule has 0 bridgehead atoms. The Morgan fingerprint density at radius 3 is 2.68 bits per heavy atom. The van der Waals surface area contributed by atoms with E-state index in [1.807, 2.05) is 45.0 Å². The second kappa shape index (κ2) is 5.83. The van der Waals surface area contributed by atoms with Crippen LogP contribution in [0.3, 0.4) is 0 Å². The highest BCUT2D eigenvalue weighted by atomic mass is 16.5. The van der Waals surface area contributed by atoms with Gasteiger partial charge in [-0.3, -0.25) is 0 Å². The summed E-state index contributed by atoms with van der Waals surface area (Å²) in [5, 5.41) is 3.47. The summed E-state index contributed by atoms with van der Waals surface area (Å²) in [5.74, 6) is 2.81. The second-order valence-corrected chi connectivity index (χ2v) is 4.70. The normalized spacial score (nSPS) is 12.2. The van der Waals surface area contributed by atoms with Crippen LogP contribution in [-0.2, 0) is 0 Å². The molecular weight excluding hydrogens is 238 g/mol. The maximum atomic E-state index is 5.57. The predicted molar refractivity (Wildman–Crippen MR) is 77.8 cm³/mol. The van der Waals surface area contributed by atoms with Gasteiger partial charge in [0.05, 0.1) is 12.6 Å². The molecule has 0 aliphatic carbocycles. The average Bonchev–Trinajstić information content (AvgIpc) is 2.69. The lowest BCUT2D eigenvalue weighted by atomic mass is 10.1. The zero-order valence-corrected chi connectivity index (χ0v) is 12.0. The number of nitrogens with one attached hydrogen (secondary N) is 1. The number of ether oxygens (including phenoxy) is 1. The summed E-state index contributed by atoms with van der Waals surface area (Å²) >= 11 is 0. The highest BCUT2D eigenvalue weighted by molar-refractivity contribution is 5.50. The van der Waals surface area contributed by atoms with Crippen LogP contribution in [0.4, 0.5) is 5.69 Å². The fraction of sp³-hybridized carbons (Fsp3) is 0.375. The molecule has 3 heteroatoms. The molecule has 3 nitrogen and oxygen atoms in total. The van der Waals surface area contributed by atoms with Crippen molar-refractivity contribution in [1.82, 2.24) is 0 Å². The van der Waals surface area contributed by atoms with Crippen molar-refractivity contribution < 1.29 is 9.15 Å². The van der Waals surface area contributed by atoms with E-state index in [4.69, 9.17) is 9.15 Å². The Balaban J connectivity index is 2.12. The van der Waals surface area contributed by atoms with E-state index in [9.17, 15) is 0 Å². The minimum atomic E-state index is 0.203. The van der Waals surface area contributed by atoms with Gasteiger partial charge in [0.2, 0.25) is 0 Å². The quantitative estimate of drug-likeness (QED) is 0.860. The van der Waals surface area contributed by atoms with E-state index in [0.717, 1.165) is 23.0 Å². The minimum absolute atomic E-state index is 0.203. The third-order valence-corrected chi connectivity index (χ3v) is 3.07. The molecule has 1 aromatic heterocycles. The maximum absolute atomic E-state index is 5.57. The zero-order chi connectivity index (χ0) is 13.8. The van der Waals surface area contributed by atoms with E-state index in [1.54, 1.807) is 0 Å². The molecule has 0 aliphatic heterocycles. The van der Waals surface area contributed by atoms with Gasteiger partial charge in [-0.15, -0.1) is 0 Å². The first-order chi connectivity index (χ1) is 9.10. The maximum Gasteiger partial charge on any atom is 0.121 e. The van der Waals surface area contributed by atoms with Crippen molar-refractivity contribution in [3.05, 3.63) is 47.4 Å². The Hall–Kier alpha value is -1.90.